The summed E-state index contributed by atoms with van der Waals surface area (Å²) in [6.45, 7) is 6.42. The number of halogens is 1. The molecule has 2 amide bonds. The molecule has 262 valence electrons. The van der Waals surface area contributed by atoms with Crippen LogP contribution in [0.2, 0.25) is 5.02 Å². The van der Waals surface area contributed by atoms with E-state index in [2.05, 4.69) is 57.3 Å². The summed E-state index contributed by atoms with van der Waals surface area (Å²) in [5, 5.41) is 4.00. The summed E-state index contributed by atoms with van der Waals surface area (Å²) in [4.78, 5) is 39.9. The number of carbonyl (C=O) groups excluding carboxylic acids is 2. The molecule has 49 heavy (non-hydrogen) atoms. The van der Waals surface area contributed by atoms with Crippen molar-refractivity contribution in [1.82, 2.24) is 24.5 Å². The number of terminal acetylenes is 1. The molecular weight excluding hydrogens is 634 g/mol. The predicted octanol–water partition coefficient (Wildman–Crippen LogP) is 4.14. The van der Waals surface area contributed by atoms with Gasteiger partial charge in [0.1, 0.15) is 0 Å². The summed E-state index contributed by atoms with van der Waals surface area (Å²) < 4.78 is 0. The van der Waals surface area contributed by atoms with E-state index in [1.807, 2.05) is 15.9 Å². The third kappa shape index (κ3) is 7.44. The van der Waals surface area contributed by atoms with Crippen molar-refractivity contribution in [1.29, 1.82) is 0 Å². The molecule has 5 aliphatic heterocycles. The van der Waals surface area contributed by atoms with Crippen molar-refractivity contribution in [2.75, 3.05) is 70.6 Å². The van der Waals surface area contributed by atoms with Crippen LogP contribution in [0.25, 0.3) is 0 Å². The van der Waals surface area contributed by atoms with Gasteiger partial charge in [-0.3, -0.25) is 19.4 Å². The Morgan fingerprint density at radius 3 is 2.35 bits per heavy atom. The summed E-state index contributed by atoms with van der Waals surface area (Å²) in [6.07, 6.45) is 14.3. The normalized spacial score (nSPS) is 26.0. The monoisotopic (exact) mass is 685 g/mol. The molecule has 2 bridgehead atoms. The minimum atomic E-state index is -0.491. The van der Waals surface area contributed by atoms with Gasteiger partial charge < -0.3 is 25.8 Å². The number of nitrogens with zero attached hydrogens (tertiary/aromatic N) is 5. The third-order valence-electron chi connectivity index (χ3n) is 12.3. The molecule has 0 saturated carbocycles. The number of benzene rings is 2. The van der Waals surface area contributed by atoms with Crippen LogP contribution in [0, 0.1) is 18.3 Å². The maximum atomic E-state index is 14.3. The number of likely N-dealkylation sites (tertiary alicyclic amines) is 1. The van der Waals surface area contributed by atoms with Crippen molar-refractivity contribution < 1.29 is 9.59 Å². The molecule has 7 rings (SSSR count). The maximum absolute atomic E-state index is 14.3. The number of rotatable bonds is 7. The zero-order chi connectivity index (χ0) is 34.1. The van der Waals surface area contributed by atoms with E-state index in [1.54, 1.807) is 6.07 Å². The first-order chi connectivity index (χ1) is 23.8. The van der Waals surface area contributed by atoms with E-state index in [1.165, 1.54) is 36.9 Å². The Kier molecular flexibility index (Phi) is 10.4. The summed E-state index contributed by atoms with van der Waals surface area (Å²) in [5.74, 6) is 2.24. The number of hydrogen-bond donors (Lipinski definition) is 2. The quantitative estimate of drug-likeness (QED) is 0.335. The lowest BCUT2D eigenvalue weighted by molar-refractivity contribution is -0.143. The molecule has 10 heteroatoms. The minimum Gasteiger partial charge on any atom is -0.397 e. The minimum absolute atomic E-state index is 0.0525. The third-order valence-corrected chi connectivity index (χ3v) is 12.6. The van der Waals surface area contributed by atoms with Crippen molar-refractivity contribution in [2.24, 2.45) is 5.92 Å². The number of hydrogen-bond acceptors (Lipinski definition) is 7. The summed E-state index contributed by atoms with van der Waals surface area (Å²) in [6, 6.07) is 14.6. The number of nitrogens with one attached hydrogen (secondary N) is 1. The average Bonchev–Trinajstić information content (AvgIpc) is 3.29. The number of fused-ring (bicyclic) bond motifs is 3. The highest BCUT2D eigenvalue weighted by Gasteiger charge is 2.41. The largest absolute Gasteiger partial charge is 0.397 e. The van der Waals surface area contributed by atoms with E-state index in [9.17, 15) is 9.59 Å². The zero-order valence-electron chi connectivity index (χ0n) is 29.0. The summed E-state index contributed by atoms with van der Waals surface area (Å²) >= 11 is 6.47. The predicted molar refractivity (Wildman–Crippen MR) is 196 cm³/mol. The molecule has 2 unspecified atom stereocenters. The molecule has 2 aromatic rings. The number of amides is 2. The molecule has 0 spiro atoms. The fraction of sp³-hybridized carbons (Fsp3) is 0.590. The first kappa shape index (κ1) is 34.2. The molecule has 3 N–H and O–H groups in total. The Morgan fingerprint density at radius 1 is 0.918 bits per heavy atom. The second-order valence-electron chi connectivity index (χ2n) is 15.0. The Balaban J connectivity index is 0.983. The first-order valence-electron chi connectivity index (χ1n) is 18.4. The second kappa shape index (κ2) is 14.9. The molecule has 5 aliphatic rings. The van der Waals surface area contributed by atoms with E-state index in [0.29, 0.717) is 73.0 Å². The number of nitrogens with two attached hydrogens (primary N) is 1. The van der Waals surface area contributed by atoms with Crippen LogP contribution < -0.4 is 11.1 Å². The molecule has 0 aliphatic carbocycles. The molecule has 0 radical (unpaired) electrons. The Bertz CT molecular complexity index is 1520. The van der Waals surface area contributed by atoms with Crippen LogP contribution in [0.4, 0.5) is 11.4 Å². The van der Waals surface area contributed by atoms with Gasteiger partial charge in [0.15, 0.2) is 0 Å². The molecule has 3 atom stereocenters. The Hall–Kier alpha value is -3.29. The molecule has 4 fully saturated rings. The number of para-hydroxylation sites is 1. The molecular formula is C39H52ClN7O2. The smallest absolute Gasteiger partial charge is 0.226 e. The molecule has 4 saturated heterocycles. The van der Waals surface area contributed by atoms with Crippen LogP contribution >= 0.6 is 11.6 Å². The van der Waals surface area contributed by atoms with Gasteiger partial charge in [-0.25, -0.2) is 0 Å². The van der Waals surface area contributed by atoms with E-state index < -0.39 is 5.92 Å². The van der Waals surface area contributed by atoms with Crippen LogP contribution in [0.15, 0.2) is 36.4 Å². The van der Waals surface area contributed by atoms with E-state index >= 15 is 0 Å². The molecule has 0 aromatic heterocycles. The maximum Gasteiger partial charge on any atom is 0.226 e. The van der Waals surface area contributed by atoms with Gasteiger partial charge in [0.05, 0.1) is 23.3 Å². The zero-order valence-corrected chi connectivity index (χ0v) is 29.7. The number of nitrogen functional groups attached to an aromatic ring is 1. The van der Waals surface area contributed by atoms with Gasteiger partial charge in [0.2, 0.25) is 11.8 Å². The van der Waals surface area contributed by atoms with Crippen molar-refractivity contribution in [3.63, 3.8) is 0 Å². The van der Waals surface area contributed by atoms with Gasteiger partial charge in [-0.15, -0.1) is 6.42 Å². The first-order valence-corrected chi connectivity index (χ1v) is 18.8. The van der Waals surface area contributed by atoms with Crippen LogP contribution in [0.3, 0.4) is 0 Å². The van der Waals surface area contributed by atoms with Crippen molar-refractivity contribution in [3.05, 3.63) is 58.1 Å². The lowest BCUT2D eigenvalue weighted by atomic mass is 9.91. The SMILES string of the molecule is C#Cc1cc(C[C@@H](CC(=O)N2CCC(N3CCc4ccccc4NC3)CC2)C(=O)N2CCN(C3CC4CCC(C3)N4C)CC2)cc(Cl)c1N. The van der Waals surface area contributed by atoms with Crippen molar-refractivity contribution in [3.8, 4) is 12.3 Å². The van der Waals surface area contributed by atoms with Crippen molar-refractivity contribution >= 4 is 34.8 Å². The fourth-order valence-corrected chi connectivity index (χ4v) is 9.50. The van der Waals surface area contributed by atoms with Crippen molar-refractivity contribution in [2.45, 2.75) is 82.0 Å². The van der Waals surface area contributed by atoms with E-state index in [4.69, 9.17) is 23.8 Å². The topological polar surface area (TPSA) is 88.4 Å². The molecule has 9 nitrogen and oxygen atoms in total. The van der Waals surface area contributed by atoms with Crippen LogP contribution in [-0.2, 0) is 22.4 Å². The highest BCUT2D eigenvalue weighted by molar-refractivity contribution is 6.33. The number of piperidine rings is 2. The van der Waals surface area contributed by atoms with Gasteiger partial charge in [0, 0.05) is 87.7 Å². The molecule has 2 aromatic carbocycles. The Morgan fingerprint density at radius 2 is 1.63 bits per heavy atom. The summed E-state index contributed by atoms with van der Waals surface area (Å²) in [7, 11) is 2.28. The van der Waals surface area contributed by atoms with E-state index in [-0.39, 0.29) is 18.2 Å². The van der Waals surface area contributed by atoms with Gasteiger partial charge >= 0.3 is 0 Å². The van der Waals surface area contributed by atoms with Gasteiger partial charge in [-0.05, 0) is 87.7 Å². The van der Waals surface area contributed by atoms with Crippen LogP contribution in [0.5, 0.6) is 0 Å². The number of carbonyl (C=O) groups is 2. The fourth-order valence-electron chi connectivity index (χ4n) is 9.26. The number of piperazine rings is 1. The van der Waals surface area contributed by atoms with Crippen LogP contribution in [0.1, 0.15) is 61.6 Å². The average molecular weight is 686 g/mol. The molecule has 5 heterocycles. The second-order valence-corrected chi connectivity index (χ2v) is 15.4. The number of anilines is 2. The standard InChI is InChI=1S/C39H52ClN7O2/c1-3-28-20-27(22-35(40)38(28)41)21-30(39(49)46-18-16-44(17-19-46)34-24-32-8-9-33(25-34)43(32)2)23-37(48)45-14-11-31(12-15-45)47-13-10-29-6-4-5-7-36(29)42-26-47/h1,4-7,20,22,30-34,42H,8-19,21,23-26,41H2,2H3/t30-,32?,33?,34?/m0/s1. The highest BCUT2D eigenvalue weighted by atomic mass is 35.5. The van der Waals surface area contributed by atoms with Gasteiger partial charge in [0.25, 0.3) is 0 Å². The van der Waals surface area contributed by atoms with E-state index in [0.717, 1.165) is 51.1 Å². The Labute approximate surface area is 297 Å². The van der Waals surface area contributed by atoms with Gasteiger partial charge in [-0.1, -0.05) is 35.7 Å². The highest BCUT2D eigenvalue weighted by Crippen LogP contribution is 2.37. The lowest BCUT2D eigenvalue weighted by Gasteiger charge is -2.45. The van der Waals surface area contributed by atoms with Gasteiger partial charge in [-0.2, -0.15) is 0 Å². The summed E-state index contributed by atoms with van der Waals surface area (Å²) in [5.41, 5.74) is 10.4. The lowest BCUT2D eigenvalue weighted by Crippen LogP contribution is -2.56. The van der Waals surface area contributed by atoms with Crippen LogP contribution in [-0.4, -0.2) is 120 Å².